The van der Waals surface area contributed by atoms with E-state index in [1.54, 1.807) is 31.2 Å². The van der Waals surface area contributed by atoms with E-state index >= 15 is 0 Å². The van der Waals surface area contributed by atoms with Gasteiger partial charge in [0.05, 0.1) is 11.4 Å². The third kappa shape index (κ3) is 4.90. The molecule has 3 rings (SSSR count). The number of rotatable bonds is 6. The second-order valence-corrected chi connectivity index (χ2v) is 11.3. The quantitative estimate of drug-likeness (QED) is 0.674. The van der Waals surface area contributed by atoms with Gasteiger partial charge in [0.2, 0.25) is 26.0 Å². The minimum Gasteiger partial charge on any atom is -0.507 e. The van der Waals surface area contributed by atoms with Crippen LogP contribution in [0.5, 0.6) is 5.75 Å². The van der Waals surface area contributed by atoms with E-state index in [1.807, 2.05) is 0 Å². The smallest absolute Gasteiger partial charge is 0.246 e. The Bertz CT molecular complexity index is 1160. The zero-order valence-corrected chi connectivity index (χ0v) is 18.9. The number of sulfonamides is 2. The normalized spacial score (nSPS) is 15.9. The second-order valence-electron chi connectivity index (χ2n) is 7.33. The van der Waals surface area contributed by atoms with Crippen LogP contribution >= 0.6 is 0 Å². The fourth-order valence-corrected chi connectivity index (χ4v) is 6.02. The molecule has 0 aromatic heterocycles. The number of piperazine rings is 1. The number of aromatic hydroxyl groups is 1. The average molecular weight is 468 g/mol. The number of carbonyl (C=O) groups excluding carboxylic acids is 1. The fourth-order valence-electron chi connectivity index (χ4n) is 3.29. The molecule has 0 bridgehead atoms. The van der Waals surface area contributed by atoms with Crippen molar-refractivity contribution in [2.75, 3.05) is 39.8 Å². The van der Waals surface area contributed by atoms with Gasteiger partial charge in [-0.25, -0.2) is 16.8 Å². The van der Waals surface area contributed by atoms with Crippen LogP contribution in [0.4, 0.5) is 0 Å². The van der Waals surface area contributed by atoms with Gasteiger partial charge in [-0.3, -0.25) is 4.79 Å². The van der Waals surface area contributed by atoms with Gasteiger partial charge >= 0.3 is 0 Å². The first-order chi connectivity index (χ1) is 14.5. The van der Waals surface area contributed by atoms with Crippen molar-refractivity contribution in [2.24, 2.45) is 0 Å². The summed E-state index contributed by atoms with van der Waals surface area (Å²) in [6.07, 6.45) is 0. The molecule has 11 heteroatoms. The van der Waals surface area contributed by atoms with Crippen LogP contribution in [0.15, 0.2) is 58.3 Å². The molecule has 1 aliphatic rings. The molecule has 1 amide bonds. The van der Waals surface area contributed by atoms with Crippen molar-refractivity contribution >= 4 is 26.0 Å². The molecule has 1 aliphatic heterocycles. The Kier molecular flexibility index (Phi) is 6.70. The van der Waals surface area contributed by atoms with Crippen LogP contribution in [0.1, 0.15) is 5.56 Å². The first-order valence-corrected chi connectivity index (χ1v) is 12.5. The molecule has 1 saturated heterocycles. The predicted octanol–water partition coefficient (Wildman–Crippen LogP) is 0.854. The van der Waals surface area contributed by atoms with Crippen molar-refractivity contribution in [1.82, 2.24) is 13.5 Å². The van der Waals surface area contributed by atoms with E-state index in [2.05, 4.69) is 0 Å². The second kappa shape index (κ2) is 8.95. The lowest BCUT2D eigenvalue weighted by atomic mass is 10.2. The van der Waals surface area contributed by atoms with Crippen LogP contribution < -0.4 is 0 Å². The highest BCUT2D eigenvalue weighted by atomic mass is 32.2. The standard InChI is InChI=1S/C20H25N3O6S2/c1-16-8-9-18(24)19(14-16)31(28,29)23-12-10-22(11-13-23)20(25)15-21(2)30(26,27)17-6-4-3-5-7-17/h3-9,14,24H,10-13,15H2,1-2H3. The van der Waals surface area contributed by atoms with Gasteiger partial charge in [0.25, 0.3) is 0 Å². The maximum Gasteiger partial charge on any atom is 0.246 e. The number of hydrogen-bond acceptors (Lipinski definition) is 6. The molecule has 0 atom stereocenters. The van der Waals surface area contributed by atoms with E-state index < -0.39 is 26.0 Å². The van der Waals surface area contributed by atoms with E-state index in [9.17, 15) is 26.7 Å². The zero-order valence-electron chi connectivity index (χ0n) is 17.3. The van der Waals surface area contributed by atoms with Crippen LogP contribution in [-0.2, 0) is 24.8 Å². The molecular weight excluding hydrogens is 442 g/mol. The minimum absolute atomic E-state index is 0.0522. The number of phenolic OH excluding ortho intramolecular Hbond substituents is 1. The monoisotopic (exact) mass is 467 g/mol. The summed E-state index contributed by atoms with van der Waals surface area (Å²) in [7, 11) is -6.37. The lowest BCUT2D eigenvalue weighted by Gasteiger charge is -2.34. The topological polar surface area (TPSA) is 115 Å². The summed E-state index contributed by atoms with van der Waals surface area (Å²) in [5.41, 5.74) is 0.702. The summed E-state index contributed by atoms with van der Waals surface area (Å²) in [4.78, 5) is 14.0. The van der Waals surface area contributed by atoms with E-state index in [-0.39, 0.29) is 48.3 Å². The van der Waals surface area contributed by atoms with E-state index in [1.165, 1.54) is 40.5 Å². The first kappa shape index (κ1) is 23.2. The largest absolute Gasteiger partial charge is 0.507 e. The molecule has 0 spiro atoms. The molecule has 0 radical (unpaired) electrons. The first-order valence-electron chi connectivity index (χ1n) is 9.62. The maximum absolute atomic E-state index is 12.9. The van der Waals surface area contributed by atoms with Gasteiger partial charge in [-0.1, -0.05) is 24.3 Å². The number of amides is 1. The van der Waals surface area contributed by atoms with E-state index in [4.69, 9.17) is 0 Å². The van der Waals surface area contributed by atoms with E-state index in [0.717, 1.165) is 4.31 Å². The van der Waals surface area contributed by atoms with Crippen LogP contribution in [-0.4, -0.2) is 81.1 Å². The number of phenols is 1. The lowest BCUT2D eigenvalue weighted by Crippen LogP contribution is -2.52. The summed E-state index contributed by atoms with van der Waals surface area (Å²) >= 11 is 0. The van der Waals surface area contributed by atoms with Crippen molar-refractivity contribution in [1.29, 1.82) is 0 Å². The Hall–Kier alpha value is -2.47. The number of nitrogens with zero attached hydrogens (tertiary/aromatic N) is 3. The van der Waals surface area contributed by atoms with Gasteiger partial charge in [0, 0.05) is 33.2 Å². The highest BCUT2D eigenvalue weighted by Gasteiger charge is 2.33. The Morgan fingerprint density at radius 1 is 1.00 bits per heavy atom. The molecule has 2 aromatic carbocycles. The summed E-state index contributed by atoms with van der Waals surface area (Å²) in [6.45, 7) is 1.75. The molecule has 168 valence electrons. The van der Waals surface area contributed by atoms with Gasteiger partial charge in [-0.15, -0.1) is 0 Å². The number of aryl methyl sites for hydroxylation is 1. The van der Waals surface area contributed by atoms with Crippen molar-refractivity contribution in [3.8, 4) is 5.75 Å². The van der Waals surface area contributed by atoms with Crippen LogP contribution in [0, 0.1) is 6.92 Å². The number of hydrogen-bond donors (Lipinski definition) is 1. The molecule has 1 heterocycles. The van der Waals surface area contributed by atoms with E-state index in [0.29, 0.717) is 5.56 Å². The molecule has 0 saturated carbocycles. The van der Waals surface area contributed by atoms with Crippen LogP contribution in [0.2, 0.25) is 0 Å². The molecule has 0 unspecified atom stereocenters. The molecule has 31 heavy (non-hydrogen) atoms. The van der Waals surface area contributed by atoms with Gasteiger partial charge in [0.15, 0.2) is 0 Å². The zero-order chi connectivity index (χ0) is 22.8. The lowest BCUT2D eigenvalue weighted by molar-refractivity contribution is -0.132. The van der Waals surface area contributed by atoms with Gasteiger partial charge in [-0.2, -0.15) is 8.61 Å². The molecule has 1 fully saturated rings. The van der Waals surface area contributed by atoms with Crippen molar-refractivity contribution in [2.45, 2.75) is 16.7 Å². The van der Waals surface area contributed by atoms with Gasteiger partial charge < -0.3 is 10.0 Å². The minimum atomic E-state index is -3.91. The van der Waals surface area contributed by atoms with Crippen LogP contribution in [0.3, 0.4) is 0 Å². The van der Waals surface area contributed by atoms with Gasteiger partial charge in [-0.05, 0) is 36.8 Å². The molecule has 0 aliphatic carbocycles. The number of benzene rings is 2. The Balaban J connectivity index is 1.64. The highest BCUT2D eigenvalue weighted by molar-refractivity contribution is 7.89. The molecule has 2 aromatic rings. The summed E-state index contributed by atoms with van der Waals surface area (Å²) in [5.74, 6) is -0.727. The third-order valence-electron chi connectivity index (χ3n) is 5.13. The van der Waals surface area contributed by atoms with Crippen molar-refractivity contribution in [3.05, 3.63) is 54.1 Å². The maximum atomic E-state index is 12.9. The molecular formula is C20H25N3O6S2. The average Bonchev–Trinajstić information content (AvgIpc) is 2.76. The molecule has 9 nitrogen and oxygen atoms in total. The van der Waals surface area contributed by atoms with Gasteiger partial charge in [0.1, 0.15) is 10.6 Å². The summed E-state index contributed by atoms with van der Waals surface area (Å²) in [6, 6.07) is 12.2. The Morgan fingerprint density at radius 3 is 2.23 bits per heavy atom. The summed E-state index contributed by atoms with van der Waals surface area (Å²) < 4.78 is 53.1. The Labute approximate surface area is 182 Å². The summed E-state index contributed by atoms with van der Waals surface area (Å²) in [5, 5.41) is 9.98. The van der Waals surface area contributed by atoms with Crippen molar-refractivity contribution in [3.63, 3.8) is 0 Å². The third-order valence-corrected chi connectivity index (χ3v) is 8.88. The SMILES string of the molecule is Cc1ccc(O)c(S(=O)(=O)N2CCN(C(=O)CN(C)S(=O)(=O)c3ccccc3)CC2)c1. The molecule has 1 N–H and O–H groups in total. The highest BCUT2D eigenvalue weighted by Crippen LogP contribution is 2.27. The number of likely N-dealkylation sites (N-methyl/N-ethyl adjacent to an activating group) is 1. The van der Waals surface area contributed by atoms with Crippen LogP contribution in [0.25, 0.3) is 0 Å². The Morgan fingerprint density at radius 2 is 1.61 bits per heavy atom. The predicted molar refractivity (Wildman–Crippen MR) is 114 cm³/mol. The van der Waals surface area contributed by atoms with Crippen molar-refractivity contribution < 1.29 is 26.7 Å². The fraction of sp³-hybridized carbons (Fsp3) is 0.350. The number of carbonyl (C=O) groups is 1.